The van der Waals surface area contributed by atoms with E-state index in [0.29, 0.717) is 11.5 Å². The fourth-order valence-electron chi connectivity index (χ4n) is 3.57. The zero-order valence-electron chi connectivity index (χ0n) is 16.9. The zero-order chi connectivity index (χ0) is 21.1. The van der Waals surface area contributed by atoms with Crippen LogP contribution in [-0.2, 0) is 0 Å². The topological polar surface area (TPSA) is 83.0 Å². The fraction of sp³-hybridized carbons (Fsp3) is 0.273. The summed E-state index contributed by atoms with van der Waals surface area (Å²) in [4.78, 5) is 27.7. The lowest BCUT2D eigenvalue weighted by atomic mass is 10.1. The molecular formula is C22H23FN6O. The van der Waals surface area contributed by atoms with Crippen LogP contribution in [0.3, 0.4) is 0 Å². The molecule has 2 amide bonds. The number of fused-ring (bicyclic) bond motifs is 1. The highest BCUT2D eigenvalue weighted by Crippen LogP contribution is 2.33. The van der Waals surface area contributed by atoms with Crippen LogP contribution in [0.4, 0.5) is 26.4 Å². The molecule has 1 aliphatic rings. The zero-order valence-corrected chi connectivity index (χ0v) is 16.9. The minimum absolute atomic E-state index is 0.0925. The van der Waals surface area contributed by atoms with Crippen LogP contribution < -0.4 is 15.5 Å². The summed E-state index contributed by atoms with van der Waals surface area (Å²) >= 11 is 0. The lowest BCUT2D eigenvalue weighted by molar-refractivity contribution is 0.254. The number of halogens is 1. The molecule has 0 fully saturated rings. The molecule has 0 radical (unpaired) electrons. The average Bonchev–Trinajstić information content (AvgIpc) is 2.71. The lowest BCUT2D eigenvalue weighted by Crippen LogP contribution is -2.43. The van der Waals surface area contributed by atoms with E-state index in [2.05, 4.69) is 20.6 Å². The molecule has 3 aromatic heterocycles. The van der Waals surface area contributed by atoms with E-state index in [1.165, 1.54) is 12.3 Å². The van der Waals surface area contributed by atoms with E-state index in [4.69, 9.17) is 4.98 Å². The molecule has 4 rings (SSSR count). The van der Waals surface area contributed by atoms with Gasteiger partial charge in [0.05, 0.1) is 29.5 Å². The second kappa shape index (κ2) is 8.44. The standard InChI is InChI=1S/C22H23FN6O/c1-14-7-9-24-13-18(14)19-5-6-20-21(28-19)29(15(2)4-3-8-26-20)22(30)27-17-10-16(23)11-25-12-17/h5-7,9-13,15,26H,3-4,8H2,1-2H3,(H,27,30)/t15-/m1/s1. The first-order chi connectivity index (χ1) is 14.5. The van der Waals surface area contributed by atoms with Crippen LogP contribution >= 0.6 is 0 Å². The van der Waals surface area contributed by atoms with E-state index in [1.54, 1.807) is 17.3 Å². The molecule has 1 aliphatic heterocycles. The SMILES string of the molecule is Cc1ccncc1-c1ccc2c(n1)N(C(=O)Nc1cncc(F)c1)[C@H](C)CCCN2. The molecule has 7 nitrogen and oxygen atoms in total. The molecular weight excluding hydrogens is 383 g/mol. The number of rotatable bonds is 2. The number of amides is 2. The molecule has 154 valence electrons. The van der Waals surface area contributed by atoms with Crippen molar-refractivity contribution >= 4 is 23.2 Å². The number of carbonyl (C=O) groups is 1. The molecule has 0 aromatic carbocycles. The van der Waals surface area contributed by atoms with Gasteiger partial charge in [-0.25, -0.2) is 14.2 Å². The molecule has 4 heterocycles. The second-order valence-electron chi connectivity index (χ2n) is 7.37. The first-order valence-electron chi connectivity index (χ1n) is 9.89. The molecule has 0 aliphatic carbocycles. The van der Waals surface area contributed by atoms with Crippen LogP contribution in [0.5, 0.6) is 0 Å². The Labute approximate surface area is 174 Å². The van der Waals surface area contributed by atoms with Crippen LogP contribution in [0, 0.1) is 12.7 Å². The minimum Gasteiger partial charge on any atom is -0.382 e. The predicted molar refractivity (Wildman–Crippen MR) is 115 cm³/mol. The van der Waals surface area contributed by atoms with Gasteiger partial charge in [0.15, 0.2) is 5.82 Å². The first-order valence-corrected chi connectivity index (χ1v) is 9.89. The summed E-state index contributed by atoms with van der Waals surface area (Å²) < 4.78 is 13.5. The van der Waals surface area contributed by atoms with Crippen LogP contribution in [0.1, 0.15) is 25.3 Å². The Kier molecular flexibility index (Phi) is 5.56. The number of hydrogen-bond donors (Lipinski definition) is 2. The molecule has 0 spiro atoms. The van der Waals surface area contributed by atoms with Crippen molar-refractivity contribution in [2.24, 2.45) is 0 Å². The van der Waals surface area contributed by atoms with Gasteiger partial charge in [-0.2, -0.15) is 0 Å². The highest BCUT2D eigenvalue weighted by atomic mass is 19.1. The summed E-state index contributed by atoms with van der Waals surface area (Å²) in [5.41, 5.74) is 3.76. The van der Waals surface area contributed by atoms with Gasteiger partial charge in [-0.05, 0) is 50.5 Å². The van der Waals surface area contributed by atoms with Crippen molar-refractivity contribution in [1.82, 2.24) is 15.0 Å². The second-order valence-corrected chi connectivity index (χ2v) is 7.37. The number of aryl methyl sites for hydroxylation is 1. The van der Waals surface area contributed by atoms with Gasteiger partial charge in [-0.15, -0.1) is 0 Å². The van der Waals surface area contributed by atoms with Crippen molar-refractivity contribution < 1.29 is 9.18 Å². The molecule has 0 bridgehead atoms. The highest BCUT2D eigenvalue weighted by molar-refractivity contribution is 6.03. The van der Waals surface area contributed by atoms with Crippen molar-refractivity contribution in [2.75, 3.05) is 22.1 Å². The largest absolute Gasteiger partial charge is 0.382 e. The molecule has 0 unspecified atom stereocenters. The van der Waals surface area contributed by atoms with Gasteiger partial charge in [0.2, 0.25) is 0 Å². The van der Waals surface area contributed by atoms with Crippen LogP contribution in [0.25, 0.3) is 11.3 Å². The molecule has 8 heteroatoms. The Bertz CT molecular complexity index is 1070. The van der Waals surface area contributed by atoms with Gasteiger partial charge < -0.3 is 10.6 Å². The summed E-state index contributed by atoms with van der Waals surface area (Å²) in [6.45, 7) is 4.79. The van der Waals surface area contributed by atoms with Crippen molar-refractivity contribution in [2.45, 2.75) is 32.7 Å². The number of aromatic nitrogens is 3. The maximum Gasteiger partial charge on any atom is 0.327 e. The fourth-order valence-corrected chi connectivity index (χ4v) is 3.57. The van der Waals surface area contributed by atoms with E-state index in [1.807, 2.05) is 32.0 Å². The number of urea groups is 1. The Hall–Kier alpha value is -3.55. The van der Waals surface area contributed by atoms with Gasteiger partial charge in [0.1, 0.15) is 5.82 Å². The average molecular weight is 406 g/mol. The number of pyridine rings is 3. The monoisotopic (exact) mass is 406 g/mol. The quantitative estimate of drug-likeness (QED) is 0.649. The van der Waals surface area contributed by atoms with E-state index in [9.17, 15) is 9.18 Å². The first kappa shape index (κ1) is 19.8. The van der Waals surface area contributed by atoms with Crippen LogP contribution in [0.15, 0.2) is 49.1 Å². The maximum atomic E-state index is 13.5. The van der Waals surface area contributed by atoms with Crippen molar-refractivity contribution in [1.29, 1.82) is 0 Å². The van der Waals surface area contributed by atoms with Gasteiger partial charge >= 0.3 is 6.03 Å². The third-order valence-electron chi connectivity index (χ3n) is 5.15. The normalized spacial score (nSPS) is 16.1. The molecule has 3 aromatic rings. The van der Waals surface area contributed by atoms with Crippen LogP contribution in [0.2, 0.25) is 0 Å². The number of nitrogens with one attached hydrogen (secondary N) is 2. The van der Waals surface area contributed by atoms with Crippen molar-refractivity contribution in [3.8, 4) is 11.3 Å². The Morgan fingerprint density at radius 3 is 2.90 bits per heavy atom. The Balaban J connectivity index is 1.75. The summed E-state index contributed by atoms with van der Waals surface area (Å²) in [5, 5.41) is 6.11. The summed E-state index contributed by atoms with van der Waals surface area (Å²) in [5.74, 6) is 0.0212. The Morgan fingerprint density at radius 2 is 2.10 bits per heavy atom. The smallest absolute Gasteiger partial charge is 0.327 e. The number of hydrogen-bond acceptors (Lipinski definition) is 5. The molecule has 1 atom stereocenters. The van der Waals surface area contributed by atoms with Gasteiger partial charge in [0, 0.05) is 36.6 Å². The van der Waals surface area contributed by atoms with E-state index in [-0.39, 0.29) is 12.1 Å². The summed E-state index contributed by atoms with van der Waals surface area (Å²) in [7, 11) is 0. The number of anilines is 3. The Morgan fingerprint density at radius 1 is 1.23 bits per heavy atom. The summed E-state index contributed by atoms with van der Waals surface area (Å²) in [6, 6.07) is 6.55. The van der Waals surface area contributed by atoms with E-state index < -0.39 is 5.82 Å². The molecule has 30 heavy (non-hydrogen) atoms. The predicted octanol–water partition coefficient (Wildman–Crippen LogP) is 4.62. The van der Waals surface area contributed by atoms with Crippen molar-refractivity contribution in [3.05, 3.63) is 60.4 Å². The third kappa shape index (κ3) is 4.07. The summed E-state index contributed by atoms with van der Waals surface area (Å²) in [6.07, 6.45) is 7.74. The van der Waals surface area contributed by atoms with Gasteiger partial charge in [0.25, 0.3) is 0 Å². The van der Waals surface area contributed by atoms with E-state index >= 15 is 0 Å². The third-order valence-corrected chi connectivity index (χ3v) is 5.15. The van der Waals surface area contributed by atoms with Gasteiger partial charge in [-0.3, -0.25) is 14.9 Å². The van der Waals surface area contributed by atoms with Crippen LogP contribution in [-0.4, -0.2) is 33.6 Å². The highest BCUT2D eigenvalue weighted by Gasteiger charge is 2.28. The molecule has 2 N–H and O–H groups in total. The number of carbonyl (C=O) groups excluding carboxylic acids is 1. The molecule has 0 saturated heterocycles. The maximum absolute atomic E-state index is 13.5. The van der Waals surface area contributed by atoms with Crippen molar-refractivity contribution in [3.63, 3.8) is 0 Å². The minimum atomic E-state index is -0.511. The molecule has 0 saturated carbocycles. The van der Waals surface area contributed by atoms with Gasteiger partial charge in [-0.1, -0.05) is 0 Å². The number of nitrogens with zero attached hydrogens (tertiary/aromatic N) is 4. The lowest BCUT2D eigenvalue weighted by Gasteiger charge is -2.32. The van der Waals surface area contributed by atoms with E-state index in [0.717, 1.165) is 48.1 Å².